The normalized spacial score (nSPS) is 12.2. The number of amides is 1. The van der Waals surface area contributed by atoms with Crippen LogP contribution in [0.5, 0.6) is 5.75 Å². The van der Waals surface area contributed by atoms with Gasteiger partial charge in [0.2, 0.25) is 0 Å². The van der Waals surface area contributed by atoms with Gasteiger partial charge in [0.15, 0.2) is 0 Å². The number of fused-ring (bicyclic) bond motifs is 1. The van der Waals surface area contributed by atoms with E-state index in [0.29, 0.717) is 13.0 Å². The highest BCUT2D eigenvalue weighted by atomic mass is 19.4. The zero-order valence-electron chi connectivity index (χ0n) is 16.5. The predicted molar refractivity (Wildman–Crippen MR) is 106 cm³/mol. The van der Waals surface area contributed by atoms with Crippen molar-refractivity contribution in [3.05, 3.63) is 65.4 Å². The molecule has 3 aromatic rings. The highest BCUT2D eigenvalue weighted by Crippen LogP contribution is 2.28. The number of carbonyl (C=O) groups is 1. The van der Waals surface area contributed by atoms with E-state index >= 15 is 0 Å². The number of benzene rings is 2. The summed E-state index contributed by atoms with van der Waals surface area (Å²) in [6.45, 7) is 6.88. The fraction of sp³-hybridized carbons (Fsp3) is 0.318. The van der Waals surface area contributed by atoms with Crippen LogP contribution in [0, 0.1) is 0 Å². The van der Waals surface area contributed by atoms with Crippen LogP contribution in [0.3, 0.4) is 0 Å². The first-order chi connectivity index (χ1) is 13.5. The standard InChI is InChI=1S/C22H23F3N2O2/c1-21(2,3)16-6-9-19-18(12-16)15(13-27-19)10-11-26-20(28)14-4-7-17(8-5-14)29-22(23,24)25/h4-9,12-13,27H,10-11H2,1-3H3,(H,26,28). The highest BCUT2D eigenvalue weighted by Gasteiger charge is 2.31. The Bertz CT molecular complexity index is 1000. The van der Waals surface area contributed by atoms with Gasteiger partial charge in [-0.1, -0.05) is 26.8 Å². The lowest BCUT2D eigenvalue weighted by Crippen LogP contribution is -2.25. The fourth-order valence-electron chi connectivity index (χ4n) is 3.07. The summed E-state index contributed by atoms with van der Waals surface area (Å²) >= 11 is 0. The van der Waals surface area contributed by atoms with E-state index in [1.54, 1.807) is 0 Å². The van der Waals surface area contributed by atoms with Gasteiger partial charge >= 0.3 is 6.36 Å². The molecular weight excluding hydrogens is 381 g/mol. The molecule has 0 aliphatic heterocycles. The zero-order valence-corrected chi connectivity index (χ0v) is 16.5. The van der Waals surface area contributed by atoms with Crippen molar-refractivity contribution in [3.8, 4) is 5.75 Å². The minimum atomic E-state index is -4.75. The Morgan fingerprint density at radius 3 is 2.38 bits per heavy atom. The molecule has 1 amide bonds. The average Bonchev–Trinajstić information content (AvgIpc) is 3.02. The summed E-state index contributed by atoms with van der Waals surface area (Å²) in [4.78, 5) is 15.5. The van der Waals surface area contributed by atoms with Crippen LogP contribution in [-0.4, -0.2) is 23.8 Å². The van der Waals surface area contributed by atoms with Gasteiger partial charge in [0.25, 0.3) is 5.91 Å². The van der Waals surface area contributed by atoms with Gasteiger partial charge in [-0.15, -0.1) is 13.2 Å². The molecule has 7 heteroatoms. The van der Waals surface area contributed by atoms with Crippen molar-refractivity contribution in [2.75, 3.05) is 6.54 Å². The van der Waals surface area contributed by atoms with E-state index in [0.717, 1.165) is 28.6 Å². The molecule has 0 atom stereocenters. The minimum Gasteiger partial charge on any atom is -0.406 e. The molecule has 0 saturated heterocycles. The van der Waals surface area contributed by atoms with Crippen molar-refractivity contribution in [3.63, 3.8) is 0 Å². The second kappa shape index (κ2) is 7.81. The fourth-order valence-corrected chi connectivity index (χ4v) is 3.07. The van der Waals surface area contributed by atoms with Crippen LogP contribution in [-0.2, 0) is 11.8 Å². The molecule has 0 fully saturated rings. The SMILES string of the molecule is CC(C)(C)c1ccc2[nH]cc(CCNC(=O)c3ccc(OC(F)(F)F)cc3)c2c1. The van der Waals surface area contributed by atoms with Crippen LogP contribution in [0.4, 0.5) is 13.2 Å². The van der Waals surface area contributed by atoms with Gasteiger partial charge in [0, 0.05) is 29.2 Å². The molecule has 0 bridgehead atoms. The first-order valence-electron chi connectivity index (χ1n) is 9.27. The Hall–Kier alpha value is -2.96. The number of nitrogens with one attached hydrogen (secondary N) is 2. The molecule has 0 radical (unpaired) electrons. The van der Waals surface area contributed by atoms with Gasteiger partial charge in [-0.05, 0) is 59.4 Å². The summed E-state index contributed by atoms with van der Waals surface area (Å²) in [7, 11) is 0. The second-order valence-corrected chi connectivity index (χ2v) is 7.90. The van der Waals surface area contributed by atoms with E-state index in [-0.39, 0.29) is 22.6 Å². The summed E-state index contributed by atoms with van der Waals surface area (Å²) in [6.07, 6.45) is -2.18. The highest BCUT2D eigenvalue weighted by molar-refractivity contribution is 5.94. The van der Waals surface area contributed by atoms with E-state index in [2.05, 4.69) is 54.0 Å². The number of hydrogen-bond donors (Lipinski definition) is 2. The summed E-state index contributed by atoms with van der Waals surface area (Å²) in [5.74, 6) is -0.707. The topological polar surface area (TPSA) is 54.1 Å². The Morgan fingerprint density at radius 1 is 1.07 bits per heavy atom. The summed E-state index contributed by atoms with van der Waals surface area (Å²) in [5.41, 5.74) is 3.68. The maximum Gasteiger partial charge on any atom is 0.573 e. The van der Waals surface area contributed by atoms with Gasteiger partial charge in [0.05, 0.1) is 0 Å². The molecule has 29 heavy (non-hydrogen) atoms. The third-order valence-electron chi connectivity index (χ3n) is 4.66. The van der Waals surface area contributed by atoms with Gasteiger partial charge in [-0.3, -0.25) is 4.79 Å². The molecule has 154 valence electrons. The molecule has 2 N–H and O–H groups in total. The molecule has 1 aromatic heterocycles. The molecular formula is C22H23F3N2O2. The van der Waals surface area contributed by atoms with Crippen molar-refractivity contribution < 1.29 is 22.7 Å². The lowest BCUT2D eigenvalue weighted by molar-refractivity contribution is -0.274. The average molecular weight is 404 g/mol. The monoisotopic (exact) mass is 404 g/mol. The molecule has 1 heterocycles. The van der Waals surface area contributed by atoms with E-state index in [1.807, 2.05) is 6.20 Å². The van der Waals surface area contributed by atoms with Crippen LogP contribution < -0.4 is 10.1 Å². The third kappa shape index (κ3) is 5.31. The minimum absolute atomic E-state index is 0.0406. The number of ether oxygens (including phenoxy) is 1. The number of aromatic nitrogens is 1. The first-order valence-corrected chi connectivity index (χ1v) is 9.27. The van der Waals surface area contributed by atoms with Crippen LogP contribution >= 0.6 is 0 Å². The maximum atomic E-state index is 12.2. The Morgan fingerprint density at radius 2 is 1.76 bits per heavy atom. The molecule has 0 aliphatic rings. The first kappa shape index (κ1) is 20.8. The summed E-state index contributed by atoms with van der Waals surface area (Å²) < 4.78 is 40.4. The number of alkyl halides is 3. The number of carbonyl (C=O) groups excluding carboxylic acids is 1. The van der Waals surface area contributed by atoms with E-state index in [9.17, 15) is 18.0 Å². The molecule has 0 saturated carbocycles. The quantitative estimate of drug-likeness (QED) is 0.603. The smallest absolute Gasteiger partial charge is 0.406 e. The molecule has 0 unspecified atom stereocenters. The molecule has 4 nitrogen and oxygen atoms in total. The Balaban J connectivity index is 1.62. The lowest BCUT2D eigenvalue weighted by Gasteiger charge is -2.19. The van der Waals surface area contributed by atoms with Crippen molar-refractivity contribution in [2.24, 2.45) is 0 Å². The van der Waals surface area contributed by atoms with Crippen molar-refractivity contribution >= 4 is 16.8 Å². The third-order valence-corrected chi connectivity index (χ3v) is 4.66. The molecule has 0 spiro atoms. The number of aromatic amines is 1. The van der Waals surface area contributed by atoms with Gasteiger partial charge in [0.1, 0.15) is 5.75 Å². The van der Waals surface area contributed by atoms with Gasteiger partial charge < -0.3 is 15.0 Å². The van der Waals surface area contributed by atoms with Crippen LogP contribution in [0.2, 0.25) is 0 Å². The van der Waals surface area contributed by atoms with Gasteiger partial charge in [-0.25, -0.2) is 0 Å². The number of H-pyrrole nitrogens is 1. The lowest BCUT2D eigenvalue weighted by atomic mass is 9.86. The van der Waals surface area contributed by atoms with E-state index < -0.39 is 6.36 Å². The molecule has 0 aliphatic carbocycles. The largest absolute Gasteiger partial charge is 0.573 e. The van der Waals surface area contributed by atoms with E-state index in [1.165, 1.54) is 17.7 Å². The summed E-state index contributed by atoms with van der Waals surface area (Å²) in [6, 6.07) is 11.2. The van der Waals surface area contributed by atoms with Gasteiger partial charge in [-0.2, -0.15) is 0 Å². The number of hydrogen-bond acceptors (Lipinski definition) is 2. The number of halogens is 3. The van der Waals surface area contributed by atoms with Crippen molar-refractivity contribution in [1.82, 2.24) is 10.3 Å². The van der Waals surface area contributed by atoms with Crippen LogP contribution in [0.25, 0.3) is 10.9 Å². The van der Waals surface area contributed by atoms with Crippen LogP contribution in [0.15, 0.2) is 48.7 Å². The maximum absolute atomic E-state index is 12.2. The van der Waals surface area contributed by atoms with Crippen molar-refractivity contribution in [2.45, 2.75) is 39.0 Å². The zero-order chi connectivity index (χ0) is 21.2. The molecule has 2 aromatic carbocycles. The van der Waals surface area contributed by atoms with Crippen molar-refractivity contribution in [1.29, 1.82) is 0 Å². The van der Waals surface area contributed by atoms with Crippen LogP contribution in [0.1, 0.15) is 42.3 Å². The second-order valence-electron chi connectivity index (χ2n) is 7.90. The van der Waals surface area contributed by atoms with E-state index in [4.69, 9.17) is 0 Å². The summed E-state index contributed by atoms with van der Waals surface area (Å²) in [5, 5.41) is 3.92. The number of rotatable bonds is 5. The predicted octanol–water partition coefficient (Wildman–Crippen LogP) is 5.34. The molecule has 3 rings (SSSR count). The Kier molecular flexibility index (Phi) is 5.59. The Labute approximate surface area is 167 Å².